The van der Waals surface area contributed by atoms with Gasteiger partial charge in [-0.1, -0.05) is 12.1 Å². The Hall–Kier alpha value is -2.87. The lowest BCUT2D eigenvalue weighted by Crippen LogP contribution is -2.49. The van der Waals surface area contributed by atoms with E-state index in [1.807, 2.05) is 29.2 Å². The first-order valence-electron chi connectivity index (χ1n) is 10.5. The minimum Gasteiger partial charge on any atom is -0.497 e. The average Bonchev–Trinajstić information content (AvgIpc) is 2.80. The highest BCUT2D eigenvalue weighted by molar-refractivity contribution is 5.79. The third-order valence-corrected chi connectivity index (χ3v) is 5.94. The van der Waals surface area contributed by atoms with Crippen LogP contribution < -0.4 is 14.5 Å². The molecule has 2 aliphatic rings. The number of rotatable bonds is 5. The Morgan fingerprint density at radius 1 is 0.900 bits per heavy atom. The summed E-state index contributed by atoms with van der Waals surface area (Å²) in [4.78, 5) is 30.5. The van der Waals surface area contributed by atoms with Gasteiger partial charge in [0, 0.05) is 58.4 Å². The highest BCUT2D eigenvalue weighted by Crippen LogP contribution is 2.20. The Bertz CT molecular complexity index is 843. The van der Waals surface area contributed by atoms with E-state index in [4.69, 9.17) is 4.74 Å². The average molecular weight is 411 g/mol. The Balaban J connectivity index is 1.31. The van der Waals surface area contributed by atoms with Crippen molar-refractivity contribution in [2.75, 3.05) is 76.3 Å². The van der Waals surface area contributed by atoms with Crippen molar-refractivity contribution in [1.29, 1.82) is 0 Å². The molecule has 2 aliphatic heterocycles. The molecule has 4 rings (SSSR count). The number of aromatic nitrogens is 2. The first-order valence-corrected chi connectivity index (χ1v) is 10.5. The van der Waals surface area contributed by atoms with Crippen LogP contribution in [0.25, 0.3) is 0 Å². The lowest BCUT2D eigenvalue weighted by Gasteiger charge is -2.36. The SMILES string of the molecule is COc1ccc(CC(=O)N2CCN(c3cc(N4CCN(C)CC4)ncn3)CC2)cc1. The van der Waals surface area contributed by atoms with Gasteiger partial charge in [-0.05, 0) is 24.7 Å². The van der Waals surface area contributed by atoms with E-state index in [1.165, 1.54) is 0 Å². The van der Waals surface area contributed by atoms with Gasteiger partial charge in [0.05, 0.1) is 13.5 Å². The fourth-order valence-electron chi connectivity index (χ4n) is 3.93. The van der Waals surface area contributed by atoms with Gasteiger partial charge in [0.25, 0.3) is 0 Å². The first-order chi connectivity index (χ1) is 14.6. The van der Waals surface area contributed by atoms with Gasteiger partial charge >= 0.3 is 0 Å². The second-order valence-corrected chi connectivity index (χ2v) is 7.92. The molecule has 1 aromatic heterocycles. The van der Waals surface area contributed by atoms with Crippen LogP contribution in [0.4, 0.5) is 11.6 Å². The normalized spacial score (nSPS) is 17.9. The predicted molar refractivity (Wildman–Crippen MR) is 117 cm³/mol. The van der Waals surface area contributed by atoms with E-state index in [0.29, 0.717) is 19.5 Å². The fraction of sp³-hybridized carbons (Fsp3) is 0.500. The Labute approximate surface area is 178 Å². The van der Waals surface area contributed by atoms with Gasteiger partial charge < -0.3 is 24.3 Å². The highest BCUT2D eigenvalue weighted by atomic mass is 16.5. The molecule has 2 aromatic rings. The maximum absolute atomic E-state index is 12.7. The Kier molecular flexibility index (Phi) is 6.32. The van der Waals surface area contributed by atoms with Crippen molar-refractivity contribution in [3.8, 4) is 5.75 Å². The number of nitrogens with zero attached hydrogens (tertiary/aromatic N) is 6. The van der Waals surface area contributed by atoms with Gasteiger partial charge in [-0.25, -0.2) is 9.97 Å². The molecule has 0 N–H and O–H groups in total. The Morgan fingerprint density at radius 2 is 1.47 bits per heavy atom. The molecule has 0 radical (unpaired) electrons. The number of carbonyl (C=O) groups is 1. The summed E-state index contributed by atoms with van der Waals surface area (Å²) in [6, 6.07) is 9.78. The van der Waals surface area contributed by atoms with Gasteiger partial charge in [0.2, 0.25) is 5.91 Å². The molecule has 160 valence electrons. The van der Waals surface area contributed by atoms with Crippen molar-refractivity contribution in [3.63, 3.8) is 0 Å². The second-order valence-electron chi connectivity index (χ2n) is 7.92. The quantitative estimate of drug-likeness (QED) is 0.732. The van der Waals surface area contributed by atoms with E-state index in [1.54, 1.807) is 13.4 Å². The second kappa shape index (κ2) is 9.30. The molecule has 0 aliphatic carbocycles. The minimum absolute atomic E-state index is 0.167. The summed E-state index contributed by atoms with van der Waals surface area (Å²) in [6.45, 7) is 7.07. The smallest absolute Gasteiger partial charge is 0.227 e. The standard InChI is InChI=1S/C22H30N6O2/c1-25-7-9-26(10-8-25)20-16-21(24-17-23-20)27-11-13-28(14-12-27)22(29)15-18-3-5-19(30-2)6-4-18/h3-6,16-17H,7-15H2,1-2H3. The maximum atomic E-state index is 12.7. The summed E-state index contributed by atoms with van der Waals surface area (Å²) in [5.41, 5.74) is 1.01. The van der Waals surface area contributed by atoms with Crippen LogP contribution in [0.15, 0.2) is 36.7 Å². The molecule has 0 saturated carbocycles. The van der Waals surface area contributed by atoms with E-state index in [9.17, 15) is 4.79 Å². The molecule has 0 atom stereocenters. The number of ether oxygens (including phenoxy) is 1. The molecule has 3 heterocycles. The van der Waals surface area contributed by atoms with Crippen molar-refractivity contribution < 1.29 is 9.53 Å². The van der Waals surface area contributed by atoms with Crippen LogP contribution in [0.3, 0.4) is 0 Å². The summed E-state index contributed by atoms with van der Waals surface area (Å²) in [5, 5.41) is 0. The summed E-state index contributed by atoms with van der Waals surface area (Å²) >= 11 is 0. The molecule has 0 bridgehead atoms. The van der Waals surface area contributed by atoms with E-state index >= 15 is 0 Å². The number of carbonyl (C=O) groups excluding carboxylic acids is 1. The van der Waals surface area contributed by atoms with E-state index in [-0.39, 0.29) is 5.91 Å². The number of amides is 1. The number of methoxy groups -OCH3 is 1. The summed E-state index contributed by atoms with van der Waals surface area (Å²) in [5.74, 6) is 2.91. The lowest BCUT2D eigenvalue weighted by atomic mass is 10.1. The zero-order valence-electron chi connectivity index (χ0n) is 17.8. The molecule has 1 amide bonds. The highest BCUT2D eigenvalue weighted by Gasteiger charge is 2.23. The van der Waals surface area contributed by atoms with Gasteiger partial charge in [0.1, 0.15) is 23.7 Å². The number of benzene rings is 1. The summed E-state index contributed by atoms with van der Waals surface area (Å²) in [7, 11) is 3.80. The number of anilines is 2. The largest absolute Gasteiger partial charge is 0.497 e. The zero-order valence-corrected chi connectivity index (χ0v) is 17.8. The van der Waals surface area contributed by atoms with Crippen LogP contribution in [0.1, 0.15) is 5.56 Å². The van der Waals surface area contributed by atoms with E-state index < -0.39 is 0 Å². The minimum atomic E-state index is 0.167. The molecule has 2 saturated heterocycles. The third kappa shape index (κ3) is 4.81. The zero-order chi connectivity index (χ0) is 20.9. The van der Waals surface area contributed by atoms with Crippen molar-refractivity contribution in [1.82, 2.24) is 19.8 Å². The number of hydrogen-bond donors (Lipinski definition) is 0. The van der Waals surface area contributed by atoms with Crippen molar-refractivity contribution in [2.24, 2.45) is 0 Å². The molecular formula is C22H30N6O2. The van der Waals surface area contributed by atoms with Gasteiger partial charge in [0.15, 0.2) is 0 Å². The molecule has 8 nitrogen and oxygen atoms in total. The maximum Gasteiger partial charge on any atom is 0.227 e. The van der Waals surface area contributed by atoms with Crippen LogP contribution >= 0.6 is 0 Å². The fourth-order valence-corrected chi connectivity index (χ4v) is 3.93. The predicted octanol–water partition coefficient (Wildman–Crippen LogP) is 1.13. The van der Waals surface area contributed by atoms with Crippen LogP contribution in [0.5, 0.6) is 5.75 Å². The Morgan fingerprint density at radius 3 is 2.03 bits per heavy atom. The van der Waals surface area contributed by atoms with Crippen LogP contribution in [-0.2, 0) is 11.2 Å². The van der Waals surface area contributed by atoms with E-state index in [0.717, 1.165) is 62.2 Å². The number of likely N-dealkylation sites (N-methyl/N-ethyl adjacent to an activating group) is 1. The first kappa shape index (κ1) is 20.4. The van der Waals surface area contributed by atoms with Crippen molar-refractivity contribution in [3.05, 3.63) is 42.2 Å². The lowest BCUT2D eigenvalue weighted by molar-refractivity contribution is -0.130. The van der Waals surface area contributed by atoms with Crippen LogP contribution in [-0.4, -0.2) is 92.2 Å². The summed E-state index contributed by atoms with van der Waals surface area (Å²) < 4.78 is 5.18. The monoisotopic (exact) mass is 410 g/mol. The van der Waals surface area contributed by atoms with Crippen molar-refractivity contribution in [2.45, 2.75) is 6.42 Å². The molecular weight excluding hydrogens is 380 g/mol. The molecule has 0 spiro atoms. The molecule has 8 heteroatoms. The molecule has 1 aromatic carbocycles. The molecule has 0 unspecified atom stereocenters. The topological polar surface area (TPSA) is 65.0 Å². The summed E-state index contributed by atoms with van der Waals surface area (Å²) in [6.07, 6.45) is 2.08. The van der Waals surface area contributed by atoms with Crippen LogP contribution in [0.2, 0.25) is 0 Å². The third-order valence-electron chi connectivity index (χ3n) is 5.94. The van der Waals surface area contributed by atoms with Gasteiger partial charge in [-0.2, -0.15) is 0 Å². The van der Waals surface area contributed by atoms with Gasteiger partial charge in [-0.3, -0.25) is 4.79 Å². The van der Waals surface area contributed by atoms with Gasteiger partial charge in [-0.15, -0.1) is 0 Å². The van der Waals surface area contributed by atoms with E-state index in [2.05, 4.69) is 37.8 Å². The molecule has 2 fully saturated rings. The number of piperazine rings is 2. The molecule has 30 heavy (non-hydrogen) atoms. The number of hydrogen-bond acceptors (Lipinski definition) is 7. The van der Waals surface area contributed by atoms with Crippen molar-refractivity contribution >= 4 is 17.5 Å². The van der Waals surface area contributed by atoms with Crippen LogP contribution in [0, 0.1) is 0 Å².